The standard InChI is InChI=1S/C9H16N4OS/c1-6(3-4-15-2)12-9(14)8-7(10)5-11-13-8/h5-6H,3-4,10H2,1-2H3,(H,11,13)(H,12,14). The minimum atomic E-state index is -0.196. The summed E-state index contributed by atoms with van der Waals surface area (Å²) in [6.07, 6.45) is 4.42. The predicted molar refractivity (Wildman–Crippen MR) is 62.9 cm³/mol. The quantitative estimate of drug-likeness (QED) is 0.698. The molecule has 0 aliphatic heterocycles. The summed E-state index contributed by atoms with van der Waals surface area (Å²) >= 11 is 1.76. The molecule has 1 amide bonds. The van der Waals surface area contributed by atoms with E-state index in [0.29, 0.717) is 11.4 Å². The van der Waals surface area contributed by atoms with Crippen molar-refractivity contribution in [3.8, 4) is 0 Å². The van der Waals surface area contributed by atoms with Gasteiger partial charge < -0.3 is 11.1 Å². The van der Waals surface area contributed by atoms with Crippen molar-refractivity contribution in [3.05, 3.63) is 11.9 Å². The number of thioether (sulfide) groups is 1. The highest BCUT2D eigenvalue weighted by atomic mass is 32.2. The maximum Gasteiger partial charge on any atom is 0.271 e. The molecule has 1 aromatic heterocycles. The van der Waals surface area contributed by atoms with E-state index in [0.717, 1.165) is 12.2 Å². The predicted octanol–water partition coefficient (Wildman–Crippen LogP) is 0.863. The van der Waals surface area contributed by atoms with Gasteiger partial charge in [-0.05, 0) is 25.4 Å². The topological polar surface area (TPSA) is 83.8 Å². The zero-order chi connectivity index (χ0) is 11.3. The third-order valence-corrected chi connectivity index (χ3v) is 2.67. The first-order chi connectivity index (χ1) is 7.15. The molecule has 84 valence electrons. The van der Waals surface area contributed by atoms with E-state index in [4.69, 9.17) is 5.73 Å². The number of aromatic amines is 1. The Kier molecular flexibility index (Phi) is 4.48. The number of nitrogen functional groups attached to an aromatic ring is 1. The number of hydrogen-bond acceptors (Lipinski definition) is 4. The number of amides is 1. The van der Waals surface area contributed by atoms with Crippen molar-refractivity contribution in [2.75, 3.05) is 17.7 Å². The summed E-state index contributed by atoms with van der Waals surface area (Å²) in [4.78, 5) is 11.6. The van der Waals surface area contributed by atoms with Gasteiger partial charge in [-0.1, -0.05) is 0 Å². The van der Waals surface area contributed by atoms with Crippen LogP contribution in [0.5, 0.6) is 0 Å². The lowest BCUT2D eigenvalue weighted by Gasteiger charge is -2.12. The maximum absolute atomic E-state index is 11.6. The van der Waals surface area contributed by atoms with Crippen molar-refractivity contribution in [3.63, 3.8) is 0 Å². The first-order valence-electron chi connectivity index (χ1n) is 4.73. The number of nitrogens with two attached hydrogens (primary N) is 1. The van der Waals surface area contributed by atoms with E-state index in [1.54, 1.807) is 11.8 Å². The first-order valence-corrected chi connectivity index (χ1v) is 6.13. The summed E-state index contributed by atoms with van der Waals surface area (Å²) in [5.74, 6) is 0.832. The van der Waals surface area contributed by atoms with Crippen molar-refractivity contribution in [2.45, 2.75) is 19.4 Å². The lowest BCUT2D eigenvalue weighted by Crippen LogP contribution is -2.33. The molecule has 1 unspecified atom stereocenters. The Morgan fingerprint density at radius 2 is 2.53 bits per heavy atom. The Hall–Kier alpha value is -1.17. The average Bonchev–Trinajstić information content (AvgIpc) is 2.61. The molecule has 4 N–H and O–H groups in total. The summed E-state index contributed by atoms with van der Waals surface area (Å²) in [7, 11) is 0. The van der Waals surface area contributed by atoms with E-state index >= 15 is 0 Å². The molecule has 0 fully saturated rings. The molecule has 0 radical (unpaired) electrons. The summed E-state index contributed by atoms with van der Waals surface area (Å²) in [5.41, 5.74) is 6.28. The SMILES string of the molecule is CSCCC(C)NC(=O)c1[nH]ncc1N. The van der Waals surface area contributed by atoms with Gasteiger partial charge in [0.15, 0.2) is 0 Å². The molecular formula is C9H16N4OS. The number of rotatable bonds is 5. The van der Waals surface area contributed by atoms with Crippen molar-refractivity contribution in [1.82, 2.24) is 15.5 Å². The second-order valence-electron chi connectivity index (χ2n) is 3.36. The van der Waals surface area contributed by atoms with E-state index in [2.05, 4.69) is 15.5 Å². The van der Waals surface area contributed by atoms with Gasteiger partial charge in [-0.15, -0.1) is 0 Å². The van der Waals surface area contributed by atoms with Crippen LogP contribution in [-0.2, 0) is 0 Å². The molecule has 0 spiro atoms. The number of aromatic nitrogens is 2. The Bertz CT molecular complexity index is 326. The second-order valence-corrected chi connectivity index (χ2v) is 4.34. The van der Waals surface area contributed by atoms with Gasteiger partial charge in [-0.3, -0.25) is 9.89 Å². The fourth-order valence-corrected chi connectivity index (χ4v) is 1.73. The van der Waals surface area contributed by atoms with Crippen molar-refractivity contribution in [1.29, 1.82) is 0 Å². The molecule has 0 aromatic carbocycles. The Morgan fingerprint density at radius 3 is 3.07 bits per heavy atom. The monoisotopic (exact) mass is 228 g/mol. The Morgan fingerprint density at radius 1 is 1.80 bits per heavy atom. The van der Waals surface area contributed by atoms with Crippen LogP contribution in [0.4, 0.5) is 5.69 Å². The van der Waals surface area contributed by atoms with Gasteiger partial charge in [0.2, 0.25) is 0 Å². The zero-order valence-corrected chi connectivity index (χ0v) is 9.73. The molecule has 1 aromatic rings. The summed E-state index contributed by atoms with van der Waals surface area (Å²) in [6.45, 7) is 1.97. The van der Waals surface area contributed by atoms with Crippen LogP contribution in [0.3, 0.4) is 0 Å². The van der Waals surface area contributed by atoms with E-state index in [1.807, 2.05) is 13.2 Å². The first kappa shape index (κ1) is 11.9. The zero-order valence-electron chi connectivity index (χ0n) is 8.91. The Labute approximate surface area is 93.2 Å². The van der Waals surface area contributed by atoms with Crippen LogP contribution in [0.1, 0.15) is 23.8 Å². The van der Waals surface area contributed by atoms with Crippen molar-refractivity contribution < 1.29 is 4.79 Å². The van der Waals surface area contributed by atoms with E-state index in [-0.39, 0.29) is 11.9 Å². The fourth-order valence-electron chi connectivity index (χ4n) is 1.14. The molecule has 6 heteroatoms. The molecule has 0 bridgehead atoms. The van der Waals surface area contributed by atoms with E-state index in [9.17, 15) is 4.79 Å². The van der Waals surface area contributed by atoms with Gasteiger partial charge in [0, 0.05) is 6.04 Å². The molecular weight excluding hydrogens is 212 g/mol. The van der Waals surface area contributed by atoms with Gasteiger partial charge in [-0.25, -0.2) is 0 Å². The molecule has 0 saturated heterocycles. The van der Waals surface area contributed by atoms with E-state index < -0.39 is 0 Å². The van der Waals surface area contributed by atoms with Crippen LogP contribution >= 0.6 is 11.8 Å². The van der Waals surface area contributed by atoms with Crippen LogP contribution < -0.4 is 11.1 Å². The molecule has 15 heavy (non-hydrogen) atoms. The highest BCUT2D eigenvalue weighted by molar-refractivity contribution is 7.98. The largest absolute Gasteiger partial charge is 0.396 e. The number of nitrogens with zero attached hydrogens (tertiary/aromatic N) is 1. The van der Waals surface area contributed by atoms with E-state index in [1.165, 1.54) is 6.20 Å². The number of nitrogens with one attached hydrogen (secondary N) is 2. The molecule has 0 aliphatic rings. The number of H-pyrrole nitrogens is 1. The minimum Gasteiger partial charge on any atom is -0.396 e. The van der Waals surface area contributed by atoms with Crippen molar-refractivity contribution >= 4 is 23.4 Å². The van der Waals surface area contributed by atoms with Gasteiger partial charge in [-0.2, -0.15) is 16.9 Å². The molecule has 0 aliphatic carbocycles. The number of carbonyl (C=O) groups excluding carboxylic acids is 1. The van der Waals surface area contributed by atoms with Crippen molar-refractivity contribution in [2.24, 2.45) is 0 Å². The van der Waals surface area contributed by atoms with Gasteiger partial charge in [0.1, 0.15) is 5.69 Å². The highest BCUT2D eigenvalue weighted by Crippen LogP contribution is 2.07. The number of hydrogen-bond donors (Lipinski definition) is 3. The van der Waals surface area contributed by atoms with Gasteiger partial charge in [0.25, 0.3) is 5.91 Å². The minimum absolute atomic E-state index is 0.146. The smallest absolute Gasteiger partial charge is 0.271 e. The van der Waals surface area contributed by atoms with Gasteiger partial charge in [0.05, 0.1) is 11.9 Å². The van der Waals surface area contributed by atoms with Crippen LogP contribution in [0.15, 0.2) is 6.20 Å². The third-order valence-electron chi connectivity index (χ3n) is 2.03. The van der Waals surface area contributed by atoms with Crippen LogP contribution in [0.25, 0.3) is 0 Å². The molecule has 0 saturated carbocycles. The van der Waals surface area contributed by atoms with Crippen LogP contribution in [0, 0.1) is 0 Å². The maximum atomic E-state index is 11.6. The highest BCUT2D eigenvalue weighted by Gasteiger charge is 2.13. The summed E-state index contributed by atoms with van der Waals surface area (Å²) < 4.78 is 0. The lowest BCUT2D eigenvalue weighted by atomic mass is 10.2. The van der Waals surface area contributed by atoms with Crippen LogP contribution in [0.2, 0.25) is 0 Å². The van der Waals surface area contributed by atoms with Gasteiger partial charge >= 0.3 is 0 Å². The fraction of sp³-hybridized carbons (Fsp3) is 0.556. The molecule has 1 heterocycles. The second kappa shape index (κ2) is 5.65. The number of carbonyl (C=O) groups is 1. The summed E-state index contributed by atoms with van der Waals surface area (Å²) in [5, 5.41) is 9.13. The molecule has 1 rings (SSSR count). The summed E-state index contributed by atoms with van der Waals surface area (Å²) in [6, 6.07) is 0.146. The average molecular weight is 228 g/mol. The lowest BCUT2D eigenvalue weighted by molar-refractivity contribution is 0.0935. The molecule has 5 nitrogen and oxygen atoms in total. The van der Waals surface area contributed by atoms with Crippen LogP contribution in [-0.4, -0.2) is 34.2 Å². The molecule has 1 atom stereocenters. The third kappa shape index (κ3) is 3.47. The Balaban J connectivity index is 2.46. The normalized spacial score (nSPS) is 12.4. The number of anilines is 1.